The van der Waals surface area contributed by atoms with Crippen LogP contribution < -0.4 is 5.32 Å². The van der Waals surface area contributed by atoms with E-state index in [0.29, 0.717) is 6.42 Å². The first-order valence-electron chi connectivity index (χ1n) is 32.4. The Morgan fingerprint density at radius 2 is 0.835 bits per heavy atom. The van der Waals surface area contributed by atoms with Crippen LogP contribution in [0.15, 0.2) is 48.6 Å². The van der Waals surface area contributed by atoms with Crippen LogP contribution in [0, 0.1) is 0 Å². The zero-order valence-electron chi connectivity index (χ0n) is 49.9. The van der Waals surface area contributed by atoms with Crippen molar-refractivity contribution >= 4 is 5.91 Å². The van der Waals surface area contributed by atoms with E-state index in [-0.39, 0.29) is 18.9 Å². The number of allylic oxidation sites excluding steroid dienone is 7. The molecular weight excluding hydrogens is 1000 g/mol. The Kier molecular flexibility index (Phi) is 46.7. The summed E-state index contributed by atoms with van der Waals surface area (Å²) in [5.74, 6) is -0.245. The molecule has 14 heteroatoms. The first kappa shape index (κ1) is 73.1. The van der Waals surface area contributed by atoms with Crippen molar-refractivity contribution in [3.05, 3.63) is 48.6 Å². The number of nitrogens with one attached hydrogen (secondary N) is 1. The van der Waals surface area contributed by atoms with Gasteiger partial charge in [0, 0.05) is 6.42 Å². The highest BCUT2D eigenvalue weighted by atomic mass is 16.7. The molecule has 0 spiro atoms. The number of rotatable bonds is 52. The molecule has 2 aliphatic heterocycles. The second kappa shape index (κ2) is 50.5. The monoisotopic (exact) mass is 1120 g/mol. The fraction of sp³-hybridized carbons (Fsp3) is 0.862. The molecule has 79 heavy (non-hydrogen) atoms. The van der Waals surface area contributed by atoms with Crippen LogP contribution in [0.25, 0.3) is 0 Å². The lowest BCUT2D eigenvalue weighted by molar-refractivity contribution is -0.359. The van der Waals surface area contributed by atoms with Gasteiger partial charge >= 0.3 is 0 Å². The molecule has 0 aromatic carbocycles. The third-order valence-corrected chi connectivity index (χ3v) is 15.8. The van der Waals surface area contributed by atoms with E-state index in [4.69, 9.17) is 18.9 Å². The number of carbonyl (C=O) groups is 1. The van der Waals surface area contributed by atoms with E-state index >= 15 is 0 Å². The topological polar surface area (TPSA) is 228 Å². The second-order valence-corrected chi connectivity index (χ2v) is 22.9. The van der Waals surface area contributed by atoms with E-state index in [0.717, 1.165) is 57.8 Å². The third-order valence-electron chi connectivity index (χ3n) is 15.8. The van der Waals surface area contributed by atoms with Gasteiger partial charge in [-0.05, 0) is 57.8 Å². The number of aliphatic hydroxyl groups excluding tert-OH is 8. The molecule has 0 radical (unpaired) electrons. The molecule has 462 valence electrons. The molecule has 2 aliphatic rings. The lowest BCUT2D eigenvalue weighted by atomic mass is 9.97. The Labute approximate surface area is 480 Å². The molecule has 2 heterocycles. The fourth-order valence-corrected chi connectivity index (χ4v) is 10.5. The van der Waals surface area contributed by atoms with Gasteiger partial charge in [0.25, 0.3) is 0 Å². The summed E-state index contributed by atoms with van der Waals surface area (Å²) in [4.78, 5) is 13.3. The highest BCUT2D eigenvalue weighted by molar-refractivity contribution is 5.76. The van der Waals surface area contributed by atoms with Gasteiger partial charge in [0.1, 0.15) is 48.8 Å². The van der Waals surface area contributed by atoms with Crippen molar-refractivity contribution in [1.29, 1.82) is 0 Å². The van der Waals surface area contributed by atoms with Crippen molar-refractivity contribution in [3.63, 3.8) is 0 Å². The summed E-state index contributed by atoms with van der Waals surface area (Å²) < 4.78 is 22.8. The van der Waals surface area contributed by atoms with E-state index in [1.807, 2.05) is 6.08 Å². The fourth-order valence-electron chi connectivity index (χ4n) is 10.5. The number of hydrogen-bond acceptors (Lipinski definition) is 13. The van der Waals surface area contributed by atoms with Crippen LogP contribution in [0.1, 0.15) is 264 Å². The normalized spacial score (nSPS) is 24.7. The van der Waals surface area contributed by atoms with Crippen molar-refractivity contribution < 1.29 is 64.6 Å². The molecule has 0 aromatic rings. The van der Waals surface area contributed by atoms with E-state index in [1.165, 1.54) is 180 Å². The Balaban J connectivity index is 1.74. The van der Waals surface area contributed by atoms with Crippen molar-refractivity contribution in [2.75, 3.05) is 19.8 Å². The summed E-state index contributed by atoms with van der Waals surface area (Å²) in [6.45, 7) is 2.81. The Bertz CT molecular complexity index is 1510. The quantitative estimate of drug-likeness (QED) is 0.0204. The Hall–Kier alpha value is -2.05. The molecule has 0 aliphatic carbocycles. The van der Waals surface area contributed by atoms with E-state index in [2.05, 4.69) is 55.6 Å². The smallest absolute Gasteiger partial charge is 0.220 e. The number of aliphatic hydroxyl groups is 8. The van der Waals surface area contributed by atoms with Crippen LogP contribution in [0.3, 0.4) is 0 Å². The molecular formula is C65H119NO13. The summed E-state index contributed by atoms with van der Waals surface area (Å²) in [7, 11) is 0. The minimum absolute atomic E-state index is 0.245. The minimum Gasteiger partial charge on any atom is -0.394 e. The molecule has 2 fully saturated rings. The summed E-state index contributed by atoms with van der Waals surface area (Å²) in [6, 6.07) is -0.921. The Morgan fingerprint density at radius 1 is 0.456 bits per heavy atom. The van der Waals surface area contributed by atoms with Crippen molar-refractivity contribution in [3.8, 4) is 0 Å². The molecule has 0 saturated carbocycles. The number of amides is 1. The summed E-state index contributed by atoms with van der Waals surface area (Å²) in [5.41, 5.74) is 0. The maximum absolute atomic E-state index is 13.3. The first-order valence-corrected chi connectivity index (χ1v) is 32.4. The zero-order chi connectivity index (χ0) is 57.4. The molecule has 12 atom stereocenters. The second-order valence-electron chi connectivity index (χ2n) is 22.9. The SMILES string of the molecule is CCCCCCC/C=C\C/C=C\C/C=C\CCCCCCCCCCC(=O)NC(COC1OC(CO)C(OC2OC(CO)C(O)C(O)C2O)C(O)C1O)C(O)/C=C/CCCCCCCCCCCCCCCCCCCCCC. The average molecular weight is 1120 g/mol. The minimum atomic E-state index is -1.79. The molecule has 9 N–H and O–H groups in total. The van der Waals surface area contributed by atoms with Gasteiger partial charge in [-0.25, -0.2) is 0 Å². The van der Waals surface area contributed by atoms with Gasteiger partial charge in [0.05, 0.1) is 32.0 Å². The lowest BCUT2D eigenvalue weighted by Crippen LogP contribution is -2.65. The summed E-state index contributed by atoms with van der Waals surface area (Å²) in [6.07, 6.45) is 47.1. The van der Waals surface area contributed by atoms with E-state index in [9.17, 15) is 45.6 Å². The van der Waals surface area contributed by atoms with Crippen LogP contribution in [-0.2, 0) is 23.7 Å². The number of ether oxygens (including phenoxy) is 4. The van der Waals surface area contributed by atoms with Gasteiger partial charge in [-0.2, -0.15) is 0 Å². The van der Waals surface area contributed by atoms with Crippen LogP contribution in [-0.4, -0.2) is 140 Å². The Morgan fingerprint density at radius 3 is 1.28 bits per heavy atom. The van der Waals surface area contributed by atoms with Gasteiger partial charge < -0.3 is 65.1 Å². The van der Waals surface area contributed by atoms with Crippen LogP contribution in [0.5, 0.6) is 0 Å². The van der Waals surface area contributed by atoms with Crippen molar-refractivity contribution in [2.45, 2.75) is 338 Å². The van der Waals surface area contributed by atoms with Gasteiger partial charge in [0.15, 0.2) is 12.6 Å². The van der Waals surface area contributed by atoms with Crippen LogP contribution in [0.4, 0.5) is 0 Å². The van der Waals surface area contributed by atoms with Crippen molar-refractivity contribution in [1.82, 2.24) is 5.32 Å². The van der Waals surface area contributed by atoms with Gasteiger partial charge in [-0.1, -0.05) is 249 Å². The predicted octanol–water partition coefficient (Wildman–Crippen LogP) is 12.0. The average Bonchev–Trinajstić information content (AvgIpc) is 3.47. The summed E-state index contributed by atoms with van der Waals surface area (Å²) in [5, 5.41) is 87.3. The molecule has 1 amide bonds. The largest absolute Gasteiger partial charge is 0.394 e. The van der Waals surface area contributed by atoms with Gasteiger partial charge in [0.2, 0.25) is 5.91 Å². The molecule has 0 aromatic heterocycles. The maximum atomic E-state index is 13.3. The van der Waals surface area contributed by atoms with Gasteiger partial charge in [-0.15, -0.1) is 0 Å². The summed E-state index contributed by atoms with van der Waals surface area (Å²) >= 11 is 0. The lowest BCUT2D eigenvalue weighted by Gasteiger charge is -2.46. The first-order chi connectivity index (χ1) is 38.6. The molecule has 12 unspecified atom stereocenters. The number of hydrogen-bond donors (Lipinski definition) is 9. The number of carbonyl (C=O) groups excluding carboxylic acids is 1. The van der Waals surface area contributed by atoms with E-state index < -0.39 is 86.8 Å². The predicted molar refractivity (Wildman–Crippen MR) is 318 cm³/mol. The zero-order valence-corrected chi connectivity index (χ0v) is 49.9. The van der Waals surface area contributed by atoms with Gasteiger partial charge in [-0.3, -0.25) is 4.79 Å². The van der Waals surface area contributed by atoms with Crippen LogP contribution in [0.2, 0.25) is 0 Å². The van der Waals surface area contributed by atoms with Crippen LogP contribution >= 0.6 is 0 Å². The molecule has 2 saturated heterocycles. The maximum Gasteiger partial charge on any atom is 0.220 e. The standard InChI is InChI=1S/C65H119NO13/c1-3-5-7-9-11-13-15-17-19-21-23-25-27-29-31-33-35-37-39-41-43-45-47-49-57(70)66-53(52-76-64-62(75)60(73)63(56(51-68)78-64)79-65-61(74)59(72)58(71)55(50-67)77-65)54(69)48-46-44-42-40-38-36-34-32-30-28-26-24-22-20-18-16-14-12-10-8-6-4-2/h15,17,21,23,27,29,46,48,53-56,58-65,67-69,71-75H,3-14,16,18-20,22,24-26,28,30-45,47,49-52H2,1-2H3,(H,66,70)/b17-15-,23-21-,29-27-,48-46+. The third kappa shape index (κ3) is 35.6. The highest BCUT2D eigenvalue weighted by Gasteiger charge is 2.51. The molecule has 2 rings (SSSR count). The van der Waals surface area contributed by atoms with Crippen molar-refractivity contribution in [2.24, 2.45) is 0 Å². The molecule has 14 nitrogen and oxygen atoms in total. The van der Waals surface area contributed by atoms with E-state index in [1.54, 1.807) is 6.08 Å². The number of unbranched alkanes of at least 4 members (excludes halogenated alkanes) is 33. The highest BCUT2D eigenvalue weighted by Crippen LogP contribution is 2.30. The molecule has 0 bridgehead atoms.